The van der Waals surface area contributed by atoms with Crippen LogP contribution >= 0.6 is 11.8 Å². The first kappa shape index (κ1) is 16.5. The number of anilines is 1. The van der Waals surface area contributed by atoms with E-state index in [9.17, 15) is 19.7 Å². The largest absolute Gasteiger partial charge is 0.377 e. The van der Waals surface area contributed by atoms with Gasteiger partial charge in [-0.3, -0.25) is 4.79 Å². The Morgan fingerprint density at radius 1 is 1.26 bits per heavy atom. The van der Waals surface area contributed by atoms with Crippen LogP contribution in [0.1, 0.15) is 11.1 Å². The number of aromatic nitrogens is 2. The van der Waals surface area contributed by atoms with Gasteiger partial charge in [0.05, 0.1) is 11.4 Å². The highest BCUT2D eigenvalue weighted by atomic mass is 32.2. The summed E-state index contributed by atoms with van der Waals surface area (Å²) in [7, 11) is 3.38. The fourth-order valence-corrected chi connectivity index (χ4v) is 2.45. The summed E-state index contributed by atoms with van der Waals surface area (Å²) in [5.41, 5.74) is -0.809. The third kappa shape index (κ3) is 2.89. The predicted octanol–water partition coefficient (Wildman–Crippen LogP) is 2.11. The fourth-order valence-electron chi connectivity index (χ4n) is 2.08. The summed E-state index contributed by atoms with van der Waals surface area (Å²) in [5.74, 6) is -0.805. The predicted molar refractivity (Wildman–Crippen MR) is 85.8 cm³/mol. The van der Waals surface area contributed by atoms with Gasteiger partial charge in [0.2, 0.25) is 0 Å². The molecular formula is C15H12FN5OS. The van der Waals surface area contributed by atoms with Crippen LogP contribution in [0.4, 0.5) is 10.1 Å². The van der Waals surface area contributed by atoms with E-state index in [0.29, 0.717) is 5.69 Å². The second kappa shape index (κ2) is 6.51. The Morgan fingerprint density at radius 2 is 1.91 bits per heavy atom. The molecule has 0 atom stereocenters. The standard InChI is InChI=1S/C15H12FN5OS/c1-21(2)11-5-4-8(12(16)9(11)6-17)13-10(7-18)14(22)20-15(19-13)23-3/h4-5H,1-3H3,(H,19,20,22). The van der Waals surface area contributed by atoms with E-state index in [1.807, 2.05) is 6.07 Å². The van der Waals surface area contributed by atoms with Crippen LogP contribution < -0.4 is 10.5 Å². The number of benzene rings is 1. The first-order valence-electron chi connectivity index (χ1n) is 6.43. The van der Waals surface area contributed by atoms with Crippen LogP contribution in [0, 0.1) is 28.5 Å². The molecule has 0 saturated heterocycles. The molecule has 6 nitrogen and oxygen atoms in total. The van der Waals surface area contributed by atoms with E-state index < -0.39 is 11.4 Å². The van der Waals surface area contributed by atoms with Crippen molar-refractivity contribution in [2.24, 2.45) is 0 Å². The molecule has 116 valence electrons. The topological polar surface area (TPSA) is 96.6 Å². The molecule has 0 aliphatic carbocycles. The van der Waals surface area contributed by atoms with Crippen molar-refractivity contribution in [1.82, 2.24) is 9.97 Å². The van der Waals surface area contributed by atoms with Gasteiger partial charge < -0.3 is 9.88 Å². The number of aromatic amines is 1. The second-order valence-corrected chi connectivity index (χ2v) is 5.53. The number of nitriles is 2. The van der Waals surface area contributed by atoms with Crippen LogP contribution in [0.2, 0.25) is 0 Å². The van der Waals surface area contributed by atoms with Gasteiger partial charge in [-0.2, -0.15) is 10.5 Å². The normalized spacial score (nSPS) is 10.0. The van der Waals surface area contributed by atoms with Crippen LogP contribution in [0.15, 0.2) is 22.1 Å². The van der Waals surface area contributed by atoms with Crippen molar-refractivity contribution in [2.75, 3.05) is 25.3 Å². The summed E-state index contributed by atoms with van der Waals surface area (Å²) in [5, 5.41) is 18.7. The molecule has 23 heavy (non-hydrogen) atoms. The maximum Gasteiger partial charge on any atom is 0.270 e. The van der Waals surface area contributed by atoms with E-state index in [1.54, 1.807) is 37.4 Å². The van der Waals surface area contributed by atoms with E-state index >= 15 is 0 Å². The highest BCUT2D eigenvalue weighted by Crippen LogP contribution is 2.30. The van der Waals surface area contributed by atoms with Crippen LogP contribution in [0.25, 0.3) is 11.3 Å². The van der Waals surface area contributed by atoms with Crippen molar-refractivity contribution >= 4 is 17.4 Å². The molecule has 8 heteroatoms. The quantitative estimate of drug-likeness (QED) is 0.684. The minimum Gasteiger partial charge on any atom is -0.377 e. The lowest BCUT2D eigenvalue weighted by Crippen LogP contribution is -2.16. The van der Waals surface area contributed by atoms with E-state index in [-0.39, 0.29) is 27.5 Å². The van der Waals surface area contributed by atoms with Crippen LogP contribution in [-0.2, 0) is 0 Å². The van der Waals surface area contributed by atoms with Gasteiger partial charge in [0.15, 0.2) is 11.0 Å². The van der Waals surface area contributed by atoms with Gasteiger partial charge in [-0.15, -0.1) is 0 Å². The van der Waals surface area contributed by atoms with Gasteiger partial charge in [0, 0.05) is 19.7 Å². The molecule has 1 aromatic heterocycles. The number of nitrogens with zero attached hydrogens (tertiary/aromatic N) is 4. The number of nitrogens with one attached hydrogen (secondary N) is 1. The highest BCUT2D eigenvalue weighted by Gasteiger charge is 2.21. The Balaban J connectivity index is 2.84. The van der Waals surface area contributed by atoms with Crippen molar-refractivity contribution < 1.29 is 4.39 Å². The molecule has 1 heterocycles. The van der Waals surface area contributed by atoms with Gasteiger partial charge in [0.25, 0.3) is 5.56 Å². The van der Waals surface area contributed by atoms with Crippen LogP contribution in [0.5, 0.6) is 0 Å². The zero-order valence-electron chi connectivity index (χ0n) is 12.6. The number of hydrogen-bond donors (Lipinski definition) is 1. The smallest absolute Gasteiger partial charge is 0.270 e. The summed E-state index contributed by atoms with van der Waals surface area (Å²) in [6, 6.07) is 6.53. The Hall–Kier alpha value is -2.84. The third-order valence-electron chi connectivity index (χ3n) is 3.17. The number of hydrogen-bond acceptors (Lipinski definition) is 6. The summed E-state index contributed by atoms with van der Waals surface area (Å²) >= 11 is 1.16. The molecule has 0 fully saturated rings. The minimum atomic E-state index is -0.805. The van der Waals surface area contributed by atoms with Crippen molar-refractivity contribution in [3.05, 3.63) is 39.4 Å². The lowest BCUT2D eigenvalue weighted by Gasteiger charge is -2.16. The fraction of sp³-hybridized carbons (Fsp3) is 0.200. The molecule has 0 aliphatic rings. The number of rotatable bonds is 3. The Labute approximate surface area is 136 Å². The molecule has 0 unspecified atom stereocenters. The molecule has 1 aromatic carbocycles. The van der Waals surface area contributed by atoms with E-state index in [0.717, 1.165) is 11.8 Å². The summed E-state index contributed by atoms with van der Waals surface area (Å²) in [6.45, 7) is 0. The lowest BCUT2D eigenvalue weighted by molar-refractivity contribution is 0.626. The highest BCUT2D eigenvalue weighted by molar-refractivity contribution is 7.98. The third-order valence-corrected chi connectivity index (χ3v) is 3.75. The molecular weight excluding hydrogens is 317 g/mol. The zero-order valence-corrected chi connectivity index (χ0v) is 13.5. The maximum absolute atomic E-state index is 14.7. The van der Waals surface area contributed by atoms with Crippen molar-refractivity contribution in [3.63, 3.8) is 0 Å². The average Bonchev–Trinajstić information content (AvgIpc) is 2.53. The van der Waals surface area contributed by atoms with Crippen molar-refractivity contribution in [3.8, 4) is 23.4 Å². The molecule has 0 saturated carbocycles. The van der Waals surface area contributed by atoms with Crippen molar-refractivity contribution in [1.29, 1.82) is 10.5 Å². The average molecular weight is 329 g/mol. The second-order valence-electron chi connectivity index (χ2n) is 4.74. The van der Waals surface area contributed by atoms with E-state index in [2.05, 4.69) is 9.97 Å². The molecule has 0 aliphatic heterocycles. The van der Waals surface area contributed by atoms with Gasteiger partial charge in [-0.05, 0) is 18.4 Å². The summed E-state index contributed by atoms with van der Waals surface area (Å²) in [4.78, 5) is 20.1. The van der Waals surface area contributed by atoms with Crippen LogP contribution in [-0.4, -0.2) is 30.3 Å². The summed E-state index contributed by atoms with van der Waals surface area (Å²) in [6.07, 6.45) is 1.69. The van der Waals surface area contributed by atoms with E-state index in [4.69, 9.17) is 0 Å². The van der Waals surface area contributed by atoms with E-state index in [1.165, 1.54) is 6.07 Å². The van der Waals surface area contributed by atoms with Gasteiger partial charge in [0.1, 0.15) is 23.3 Å². The molecule has 0 spiro atoms. The molecule has 0 amide bonds. The maximum atomic E-state index is 14.7. The Bertz CT molecular complexity index is 908. The summed E-state index contributed by atoms with van der Waals surface area (Å²) < 4.78 is 14.7. The zero-order chi connectivity index (χ0) is 17.1. The first-order valence-corrected chi connectivity index (χ1v) is 7.65. The number of thioether (sulfide) groups is 1. The monoisotopic (exact) mass is 329 g/mol. The Kier molecular flexibility index (Phi) is 4.68. The van der Waals surface area contributed by atoms with Gasteiger partial charge in [-0.1, -0.05) is 11.8 Å². The molecule has 1 N–H and O–H groups in total. The van der Waals surface area contributed by atoms with Crippen LogP contribution in [0.3, 0.4) is 0 Å². The first-order chi connectivity index (χ1) is 10.9. The van der Waals surface area contributed by atoms with Crippen molar-refractivity contribution in [2.45, 2.75) is 5.16 Å². The molecule has 2 rings (SSSR count). The number of halogens is 1. The van der Waals surface area contributed by atoms with Gasteiger partial charge in [-0.25, -0.2) is 9.37 Å². The van der Waals surface area contributed by atoms with Gasteiger partial charge >= 0.3 is 0 Å². The lowest BCUT2D eigenvalue weighted by atomic mass is 10.0. The Morgan fingerprint density at radius 3 is 2.43 bits per heavy atom. The minimum absolute atomic E-state index is 0.0508. The molecule has 0 bridgehead atoms. The SMILES string of the molecule is CSc1nc(-c2ccc(N(C)C)c(C#N)c2F)c(C#N)c(=O)[nH]1. The number of H-pyrrole nitrogens is 1. The molecule has 0 radical (unpaired) electrons. The molecule has 2 aromatic rings.